The number of hydrogen-bond acceptors (Lipinski definition) is 1. The van der Waals surface area contributed by atoms with Crippen LogP contribution in [0.2, 0.25) is 0 Å². The van der Waals surface area contributed by atoms with E-state index < -0.39 is 0 Å². The van der Waals surface area contributed by atoms with Gasteiger partial charge in [0.1, 0.15) is 0 Å². The topological polar surface area (TPSA) is 12.0 Å². The van der Waals surface area contributed by atoms with Crippen LogP contribution in [0.5, 0.6) is 0 Å². The van der Waals surface area contributed by atoms with Crippen LogP contribution in [-0.2, 0) is 0 Å². The van der Waals surface area contributed by atoms with Crippen molar-refractivity contribution in [3.63, 3.8) is 0 Å². The average Bonchev–Trinajstić information content (AvgIpc) is 2.05. The van der Waals surface area contributed by atoms with Crippen LogP contribution in [0.25, 0.3) is 0 Å². The molecule has 0 spiro atoms. The van der Waals surface area contributed by atoms with Crippen LogP contribution in [0, 0.1) is 5.92 Å². The summed E-state index contributed by atoms with van der Waals surface area (Å²) in [5, 5.41) is 3.53. The Morgan fingerprint density at radius 1 is 1.20 bits per heavy atom. The number of hydrogen-bond donors (Lipinski definition) is 1. The van der Waals surface area contributed by atoms with Gasteiger partial charge in [-0.25, -0.2) is 0 Å². The third-order valence-corrected chi connectivity index (χ3v) is 2.70. The molecule has 0 unspecified atom stereocenters. The molecule has 2 atom stereocenters. The molecule has 2 aliphatic rings. The van der Waals surface area contributed by atoms with Gasteiger partial charge in [-0.1, -0.05) is 25.0 Å². The summed E-state index contributed by atoms with van der Waals surface area (Å²) in [5.74, 6) is 0.863. The summed E-state index contributed by atoms with van der Waals surface area (Å²) < 4.78 is 0. The minimum atomic E-state index is 0.818. The second-order valence-electron chi connectivity index (χ2n) is 3.39. The summed E-state index contributed by atoms with van der Waals surface area (Å²) in [6, 6.07) is 0.818. The zero-order chi connectivity index (χ0) is 6.81. The monoisotopic (exact) mass is 137 g/mol. The Bertz CT molecular complexity index is 140. The minimum Gasteiger partial charge on any atom is -0.310 e. The van der Waals surface area contributed by atoms with E-state index >= 15 is 0 Å². The van der Waals surface area contributed by atoms with Crippen LogP contribution in [0.1, 0.15) is 25.7 Å². The van der Waals surface area contributed by atoms with Crippen molar-refractivity contribution in [2.75, 3.05) is 6.54 Å². The Balaban J connectivity index is 2.03. The molecule has 0 saturated heterocycles. The molecule has 1 nitrogen and oxygen atoms in total. The Morgan fingerprint density at radius 2 is 2.10 bits per heavy atom. The first-order chi connectivity index (χ1) is 4.97. The third-order valence-electron chi connectivity index (χ3n) is 2.70. The Hall–Kier alpha value is -0.300. The van der Waals surface area contributed by atoms with Crippen molar-refractivity contribution in [1.82, 2.24) is 5.32 Å². The molecule has 1 N–H and O–H groups in total. The molecular formula is C9H15N. The lowest BCUT2D eigenvalue weighted by atomic mass is 9.83. The molecule has 1 saturated carbocycles. The lowest BCUT2D eigenvalue weighted by Gasteiger charge is -2.32. The van der Waals surface area contributed by atoms with Crippen LogP contribution in [0.15, 0.2) is 12.2 Å². The van der Waals surface area contributed by atoms with Gasteiger partial charge < -0.3 is 5.32 Å². The van der Waals surface area contributed by atoms with Crippen molar-refractivity contribution < 1.29 is 0 Å². The Kier molecular flexibility index (Phi) is 1.76. The lowest BCUT2D eigenvalue weighted by Crippen LogP contribution is -2.40. The molecule has 1 heterocycles. The Morgan fingerprint density at radius 3 is 3.00 bits per heavy atom. The molecular weight excluding hydrogens is 122 g/mol. The van der Waals surface area contributed by atoms with Gasteiger partial charge in [0.2, 0.25) is 0 Å². The second kappa shape index (κ2) is 2.75. The molecule has 2 rings (SSSR count). The molecule has 0 amide bonds. The van der Waals surface area contributed by atoms with E-state index in [1.807, 2.05) is 0 Å². The van der Waals surface area contributed by atoms with Gasteiger partial charge in [0.05, 0.1) is 0 Å². The van der Waals surface area contributed by atoms with Crippen LogP contribution < -0.4 is 5.32 Å². The fourth-order valence-corrected chi connectivity index (χ4v) is 2.11. The zero-order valence-electron chi connectivity index (χ0n) is 6.34. The first-order valence-corrected chi connectivity index (χ1v) is 4.37. The second-order valence-corrected chi connectivity index (χ2v) is 3.39. The van der Waals surface area contributed by atoms with Gasteiger partial charge in [-0.3, -0.25) is 0 Å². The molecule has 0 radical (unpaired) electrons. The summed E-state index contributed by atoms with van der Waals surface area (Å²) in [6.07, 6.45) is 10.4. The lowest BCUT2D eigenvalue weighted by molar-refractivity contribution is 0.304. The normalized spacial score (nSPS) is 39.2. The van der Waals surface area contributed by atoms with Crippen LogP contribution in [-0.4, -0.2) is 12.6 Å². The maximum absolute atomic E-state index is 3.53. The molecule has 1 aliphatic heterocycles. The number of nitrogens with one attached hydrogen (secondary N) is 1. The number of fused-ring (bicyclic) bond motifs is 1. The van der Waals surface area contributed by atoms with Gasteiger partial charge in [0, 0.05) is 12.6 Å². The fraction of sp³-hybridized carbons (Fsp3) is 0.778. The van der Waals surface area contributed by atoms with Crippen molar-refractivity contribution in [2.45, 2.75) is 31.7 Å². The quantitative estimate of drug-likeness (QED) is 0.501. The van der Waals surface area contributed by atoms with E-state index in [0.717, 1.165) is 18.5 Å². The van der Waals surface area contributed by atoms with E-state index in [0.29, 0.717) is 0 Å². The SMILES string of the molecule is C1=C[C@H]2CCCC[C@H]2NC1. The van der Waals surface area contributed by atoms with E-state index in [1.165, 1.54) is 25.7 Å². The first-order valence-electron chi connectivity index (χ1n) is 4.37. The van der Waals surface area contributed by atoms with Crippen molar-refractivity contribution in [1.29, 1.82) is 0 Å². The molecule has 0 aromatic heterocycles. The Labute approximate surface area is 62.5 Å². The average molecular weight is 137 g/mol. The van der Waals surface area contributed by atoms with Crippen molar-refractivity contribution in [3.05, 3.63) is 12.2 Å². The maximum Gasteiger partial charge on any atom is 0.0137 e. The summed E-state index contributed by atoms with van der Waals surface area (Å²) in [5.41, 5.74) is 0. The molecule has 0 aromatic carbocycles. The van der Waals surface area contributed by atoms with Gasteiger partial charge in [-0.05, 0) is 18.8 Å². The maximum atomic E-state index is 3.53. The summed E-state index contributed by atoms with van der Waals surface area (Å²) in [4.78, 5) is 0. The highest BCUT2D eigenvalue weighted by Gasteiger charge is 2.23. The minimum absolute atomic E-state index is 0.818. The molecule has 0 bridgehead atoms. The molecule has 10 heavy (non-hydrogen) atoms. The highest BCUT2D eigenvalue weighted by atomic mass is 14.9. The summed E-state index contributed by atoms with van der Waals surface area (Å²) >= 11 is 0. The highest BCUT2D eigenvalue weighted by molar-refractivity contribution is 5.02. The molecule has 1 aliphatic carbocycles. The first kappa shape index (κ1) is 6.41. The predicted molar refractivity (Wildman–Crippen MR) is 42.9 cm³/mol. The van der Waals surface area contributed by atoms with Crippen molar-refractivity contribution >= 4 is 0 Å². The van der Waals surface area contributed by atoms with Crippen LogP contribution in [0.3, 0.4) is 0 Å². The molecule has 0 aromatic rings. The molecule has 1 heteroatoms. The van der Waals surface area contributed by atoms with Gasteiger partial charge in [0.15, 0.2) is 0 Å². The van der Waals surface area contributed by atoms with Gasteiger partial charge in [0.25, 0.3) is 0 Å². The van der Waals surface area contributed by atoms with Crippen molar-refractivity contribution in [3.8, 4) is 0 Å². The van der Waals surface area contributed by atoms with E-state index in [2.05, 4.69) is 17.5 Å². The smallest absolute Gasteiger partial charge is 0.0137 e. The molecule has 56 valence electrons. The van der Waals surface area contributed by atoms with E-state index in [4.69, 9.17) is 0 Å². The van der Waals surface area contributed by atoms with Crippen LogP contribution >= 0.6 is 0 Å². The zero-order valence-corrected chi connectivity index (χ0v) is 6.34. The summed E-state index contributed by atoms with van der Waals surface area (Å²) in [7, 11) is 0. The predicted octanol–water partition coefficient (Wildman–Crippen LogP) is 1.70. The van der Waals surface area contributed by atoms with Crippen LogP contribution in [0.4, 0.5) is 0 Å². The third kappa shape index (κ3) is 1.10. The summed E-state index contributed by atoms with van der Waals surface area (Å²) in [6.45, 7) is 1.10. The number of rotatable bonds is 0. The van der Waals surface area contributed by atoms with Gasteiger partial charge >= 0.3 is 0 Å². The van der Waals surface area contributed by atoms with Gasteiger partial charge in [-0.15, -0.1) is 0 Å². The highest BCUT2D eigenvalue weighted by Crippen LogP contribution is 2.26. The van der Waals surface area contributed by atoms with E-state index in [-0.39, 0.29) is 0 Å². The fourth-order valence-electron chi connectivity index (χ4n) is 2.11. The van der Waals surface area contributed by atoms with Gasteiger partial charge in [-0.2, -0.15) is 0 Å². The largest absolute Gasteiger partial charge is 0.310 e. The van der Waals surface area contributed by atoms with E-state index in [9.17, 15) is 0 Å². The molecule has 1 fully saturated rings. The van der Waals surface area contributed by atoms with E-state index in [1.54, 1.807) is 0 Å². The standard InChI is InChI=1S/C9H15N/c1-2-6-9-8(4-1)5-3-7-10-9/h3,5,8-10H,1-2,4,6-7H2/t8-,9-/m1/s1. The van der Waals surface area contributed by atoms with Crippen molar-refractivity contribution in [2.24, 2.45) is 5.92 Å².